The number of carbonyl (C=O) groups is 1. The van der Waals surface area contributed by atoms with Gasteiger partial charge in [-0.25, -0.2) is 4.79 Å². The predicted octanol–water partition coefficient (Wildman–Crippen LogP) is 4.27. The van der Waals surface area contributed by atoms with Crippen LogP contribution in [0.4, 0.5) is 10.5 Å². The van der Waals surface area contributed by atoms with E-state index in [1.165, 1.54) is 5.56 Å². The highest BCUT2D eigenvalue weighted by atomic mass is 16.5. The van der Waals surface area contributed by atoms with E-state index in [1.807, 2.05) is 68.0 Å². The molecular formula is C25H26N6O2. The number of hydrogen-bond acceptors (Lipinski definition) is 5. The molecule has 1 aliphatic rings. The largest absolute Gasteiger partial charge is 0.332 e. The van der Waals surface area contributed by atoms with Crippen molar-refractivity contribution in [3.63, 3.8) is 0 Å². The van der Waals surface area contributed by atoms with Crippen LogP contribution >= 0.6 is 0 Å². The molecule has 0 saturated heterocycles. The number of amides is 2. The van der Waals surface area contributed by atoms with E-state index in [0.29, 0.717) is 43.3 Å². The topological polar surface area (TPSA) is 89.1 Å². The molecule has 0 radical (unpaired) electrons. The zero-order valence-electron chi connectivity index (χ0n) is 19.0. The van der Waals surface area contributed by atoms with Gasteiger partial charge in [-0.15, -0.1) is 0 Å². The quantitative estimate of drug-likeness (QED) is 0.510. The summed E-state index contributed by atoms with van der Waals surface area (Å²) in [5, 5.41) is 11.8. The smallest absolute Gasteiger partial charge is 0.322 e. The number of anilines is 1. The molecule has 4 aromatic rings. The third-order valence-electron chi connectivity index (χ3n) is 6.03. The molecule has 0 unspecified atom stereocenters. The van der Waals surface area contributed by atoms with Crippen LogP contribution in [0.5, 0.6) is 0 Å². The monoisotopic (exact) mass is 442 g/mol. The molecule has 2 aromatic carbocycles. The SMILES string of the molecule is Cc1ccc(NC(=O)N2CCc3c(c(-c4nc(Cc5ccccc5)no4)nn3C)C2)c(C)c1. The number of nitrogens with one attached hydrogen (secondary N) is 1. The summed E-state index contributed by atoms with van der Waals surface area (Å²) in [6, 6.07) is 15.9. The van der Waals surface area contributed by atoms with Crippen LogP contribution in [0.2, 0.25) is 0 Å². The van der Waals surface area contributed by atoms with E-state index >= 15 is 0 Å². The molecule has 1 N–H and O–H groups in total. The fourth-order valence-corrected chi connectivity index (χ4v) is 4.29. The Bertz CT molecular complexity index is 1310. The Morgan fingerprint density at radius 2 is 1.97 bits per heavy atom. The normalized spacial score (nSPS) is 13.1. The molecule has 0 saturated carbocycles. The van der Waals surface area contributed by atoms with Gasteiger partial charge in [0, 0.05) is 43.4 Å². The molecule has 8 nitrogen and oxygen atoms in total. The van der Waals surface area contributed by atoms with Crippen LogP contribution in [-0.2, 0) is 26.4 Å². The summed E-state index contributed by atoms with van der Waals surface area (Å²) in [4.78, 5) is 19.4. The van der Waals surface area contributed by atoms with Crippen molar-refractivity contribution in [2.75, 3.05) is 11.9 Å². The average molecular weight is 443 g/mol. The van der Waals surface area contributed by atoms with Crippen LogP contribution in [0.15, 0.2) is 53.1 Å². The number of fused-ring (bicyclic) bond motifs is 1. The van der Waals surface area contributed by atoms with Crippen LogP contribution in [0.3, 0.4) is 0 Å². The number of carbonyl (C=O) groups excluding carboxylic acids is 1. The fourth-order valence-electron chi connectivity index (χ4n) is 4.29. The Morgan fingerprint density at radius 3 is 2.76 bits per heavy atom. The number of aryl methyl sites for hydroxylation is 3. The molecule has 3 heterocycles. The molecule has 5 rings (SSSR count). The molecule has 0 aliphatic carbocycles. The average Bonchev–Trinajstić information content (AvgIpc) is 3.40. The molecule has 168 valence electrons. The molecule has 0 atom stereocenters. The first kappa shape index (κ1) is 20.9. The summed E-state index contributed by atoms with van der Waals surface area (Å²) in [5.74, 6) is 0.991. The lowest BCUT2D eigenvalue weighted by molar-refractivity contribution is 0.206. The number of benzene rings is 2. The second-order valence-electron chi connectivity index (χ2n) is 8.50. The second kappa shape index (κ2) is 8.54. The molecule has 0 bridgehead atoms. The van der Waals surface area contributed by atoms with Crippen molar-refractivity contribution in [2.45, 2.75) is 33.2 Å². The van der Waals surface area contributed by atoms with Gasteiger partial charge >= 0.3 is 6.03 Å². The number of aromatic nitrogens is 4. The summed E-state index contributed by atoms with van der Waals surface area (Å²) in [5.41, 5.74) is 6.83. The number of rotatable bonds is 4. The van der Waals surface area contributed by atoms with Crippen LogP contribution < -0.4 is 5.32 Å². The molecule has 0 spiro atoms. The van der Waals surface area contributed by atoms with Gasteiger partial charge in [-0.3, -0.25) is 4.68 Å². The second-order valence-corrected chi connectivity index (χ2v) is 8.50. The lowest BCUT2D eigenvalue weighted by atomic mass is 10.1. The standard InChI is InChI=1S/C25H26N6O2/c1-16-9-10-20(17(2)13-16)26-25(32)31-12-11-21-19(15-31)23(28-30(21)3)24-27-22(29-33-24)14-18-7-5-4-6-8-18/h4-10,13H,11-12,14-15H2,1-3H3,(H,26,32). The summed E-state index contributed by atoms with van der Waals surface area (Å²) in [6.07, 6.45) is 1.30. The fraction of sp³-hybridized carbons (Fsp3) is 0.280. The lowest BCUT2D eigenvalue weighted by Crippen LogP contribution is -2.39. The highest BCUT2D eigenvalue weighted by molar-refractivity contribution is 5.90. The first-order valence-electron chi connectivity index (χ1n) is 11.0. The summed E-state index contributed by atoms with van der Waals surface area (Å²) in [7, 11) is 1.91. The van der Waals surface area contributed by atoms with Crippen LogP contribution in [0.1, 0.15) is 33.8 Å². The maximum atomic E-state index is 13.0. The van der Waals surface area contributed by atoms with E-state index < -0.39 is 0 Å². The van der Waals surface area contributed by atoms with Gasteiger partial charge in [-0.05, 0) is 31.0 Å². The van der Waals surface area contributed by atoms with E-state index in [4.69, 9.17) is 4.52 Å². The Labute approximate surface area is 192 Å². The first-order chi connectivity index (χ1) is 16.0. The van der Waals surface area contributed by atoms with Crippen molar-refractivity contribution >= 4 is 11.7 Å². The third kappa shape index (κ3) is 4.24. The Balaban J connectivity index is 1.36. The third-order valence-corrected chi connectivity index (χ3v) is 6.03. The van der Waals surface area contributed by atoms with Gasteiger partial charge in [0.2, 0.25) is 0 Å². The van der Waals surface area contributed by atoms with Gasteiger partial charge in [0.05, 0.1) is 6.54 Å². The Kier molecular flexibility index (Phi) is 5.42. The highest BCUT2D eigenvalue weighted by Gasteiger charge is 2.29. The van der Waals surface area contributed by atoms with Gasteiger partial charge in [-0.2, -0.15) is 10.1 Å². The van der Waals surface area contributed by atoms with E-state index in [2.05, 4.69) is 26.6 Å². The predicted molar refractivity (Wildman–Crippen MR) is 125 cm³/mol. The molecule has 2 amide bonds. The minimum atomic E-state index is -0.127. The first-order valence-corrected chi connectivity index (χ1v) is 11.0. The van der Waals surface area contributed by atoms with Crippen molar-refractivity contribution in [1.29, 1.82) is 0 Å². The molecule has 0 fully saturated rings. The van der Waals surface area contributed by atoms with Crippen LogP contribution in [0, 0.1) is 13.8 Å². The maximum absolute atomic E-state index is 13.0. The minimum Gasteiger partial charge on any atom is -0.332 e. The zero-order chi connectivity index (χ0) is 22.9. The van der Waals surface area contributed by atoms with E-state index in [1.54, 1.807) is 4.90 Å². The van der Waals surface area contributed by atoms with Crippen molar-refractivity contribution in [2.24, 2.45) is 7.05 Å². The molecule has 2 aromatic heterocycles. The number of hydrogen-bond donors (Lipinski definition) is 1. The number of nitrogens with zero attached hydrogens (tertiary/aromatic N) is 5. The Hall–Kier alpha value is -3.94. The highest BCUT2D eigenvalue weighted by Crippen LogP contribution is 2.29. The van der Waals surface area contributed by atoms with E-state index in [0.717, 1.165) is 28.1 Å². The van der Waals surface area contributed by atoms with Crippen LogP contribution in [-0.4, -0.2) is 37.4 Å². The van der Waals surface area contributed by atoms with Crippen molar-refractivity contribution in [3.8, 4) is 11.6 Å². The van der Waals surface area contributed by atoms with Crippen molar-refractivity contribution in [1.82, 2.24) is 24.8 Å². The summed E-state index contributed by atoms with van der Waals surface area (Å²) in [6.45, 7) is 5.09. The molecule has 33 heavy (non-hydrogen) atoms. The lowest BCUT2D eigenvalue weighted by Gasteiger charge is -2.28. The van der Waals surface area contributed by atoms with Gasteiger partial charge in [-0.1, -0.05) is 53.2 Å². The Morgan fingerprint density at radius 1 is 1.15 bits per heavy atom. The van der Waals surface area contributed by atoms with Gasteiger partial charge < -0.3 is 14.7 Å². The van der Waals surface area contributed by atoms with E-state index in [9.17, 15) is 4.79 Å². The van der Waals surface area contributed by atoms with E-state index in [-0.39, 0.29) is 6.03 Å². The van der Waals surface area contributed by atoms with Gasteiger partial charge in [0.1, 0.15) is 0 Å². The molecule has 1 aliphatic heterocycles. The van der Waals surface area contributed by atoms with Gasteiger partial charge in [0.15, 0.2) is 11.5 Å². The minimum absolute atomic E-state index is 0.127. The van der Waals surface area contributed by atoms with Crippen LogP contribution in [0.25, 0.3) is 11.6 Å². The number of urea groups is 1. The van der Waals surface area contributed by atoms with Gasteiger partial charge in [0.25, 0.3) is 5.89 Å². The summed E-state index contributed by atoms with van der Waals surface area (Å²) >= 11 is 0. The van der Waals surface area contributed by atoms with Crippen molar-refractivity contribution in [3.05, 3.63) is 82.3 Å². The van der Waals surface area contributed by atoms with Crippen molar-refractivity contribution < 1.29 is 9.32 Å². The summed E-state index contributed by atoms with van der Waals surface area (Å²) < 4.78 is 7.42. The molecule has 8 heteroatoms. The maximum Gasteiger partial charge on any atom is 0.322 e. The molecular weight excluding hydrogens is 416 g/mol. The zero-order valence-corrected chi connectivity index (χ0v) is 19.0.